The van der Waals surface area contributed by atoms with Gasteiger partial charge < -0.3 is 0 Å². The van der Waals surface area contributed by atoms with E-state index < -0.39 is 40.1 Å². The zero-order valence-corrected chi connectivity index (χ0v) is 12.1. The van der Waals surface area contributed by atoms with Crippen LogP contribution in [0, 0.1) is 23.1 Å². The molecule has 1 aliphatic carbocycles. The highest BCUT2D eigenvalue weighted by Crippen LogP contribution is 2.61. The van der Waals surface area contributed by atoms with Gasteiger partial charge in [-0.05, 0) is 40.6 Å². The molecule has 1 aliphatic rings. The molecular formula is C15H13ClF4O. The quantitative estimate of drug-likeness (QED) is 0.577. The number of carbonyl (C=O) groups excluding carboxylic acids is 1. The van der Waals surface area contributed by atoms with Crippen LogP contribution in [0.15, 0.2) is 30.3 Å². The normalized spacial score (nSPS) is 24.8. The summed E-state index contributed by atoms with van der Waals surface area (Å²) in [5.74, 6) is -1.82. The third kappa shape index (κ3) is 3.12. The Morgan fingerprint density at radius 3 is 2.14 bits per heavy atom. The van der Waals surface area contributed by atoms with Gasteiger partial charge in [-0.3, -0.25) is 4.79 Å². The Balaban J connectivity index is 2.41. The second-order valence-corrected chi connectivity index (χ2v) is 6.09. The Labute approximate surface area is 124 Å². The van der Waals surface area contributed by atoms with Crippen LogP contribution in [0.1, 0.15) is 19.4 Å². The number of benzene rings is 1. The molecule has 0 spiro atoms. The molecule has 1 aromatic carbocycles. The predicted molar refractivity (Wildman–Crippen MR) is 72.1 cm³/mol. The van der Waals surface area contributed by atoms with E-state index in [-0.39, 0.29) is 5.56 Å². The van der Waals surface area contributed by atoms with E-state index in [0.717, 1.165) is 30.3 Å². The van der Waals surface area contributed by atoms with Gasteiger partial charge in [-0.1, -0.05) is 32.1 Å². The van der Waals surface area contributed by atoms with E-state index in [9.17, 15) is 22.4 Å². The van der Waals surface area contributed by atoms with Crippen molar-refractivity contribution in [2.75, 3.05) is 0 Å². The number of alkyl halides is 3. The summed E-state index contributed by atoms with van der Waals surface area (Å²) < 4.78 is 52.4. The maximum atomic E-state index is 13.2. The Bertz CT molecular complexity index is 587. The smallest absolute Gasteiger partial charge is 0.281 e. The summed E-state index contributed by atoms with van der Waals surface area (Å²) in [7, 11) is 0. The fourth-order valence-corrected chi connectivity index (χ4v) is 3.00. The van der Waals surface area contributed by atoms with Gasteiger partial charge in [0.2, 0.25) is 5.24 Å². The molecule has 0 bridgehead atoms. The molecule has 6 heteroatoms. The lowest BCUT2D eigenvalue weighted by molar-refractivity contribution is -0.113. The Morgan fingerprint density at radius 2 is 1.76 bits per heavy atom. The van der Waals surface area contributed by atoms with Gasteiger partial charge in [0, 0.05) is 5.92 Å². The number of allylic oxidation sites excluding steroid dienone is 2. The van der Waals surface area contributed by atoms with E-state index in [1.54, 1.807) is 13.8 Å². The van der Waals surface area contributed by atoms with Crippen molar-refractivity contribution in [3.8, 4) is 0 Å². The van der Waals surface area contributed by atoms with Crippen molar-refractivity contribution >= 4 is 22.4 Å². The van der Waals surface area contributed by atoms with Crippen molar-refractivity contribution < 1.29 is 22.4 Å². The van der Waals surface area contributed by atoms with Crippen molar-refractivity contribution in [2.24, 2.45) is 17.3 Å². The standard InChI is InChI=1S/C15H13ClF4O/c1-14(2)11(12(14)13(16)21)7-10(15(18,19)20)8-3-5-9(17)6-4-8/h3-7,11-12H,1-2H3. The first-order valence-electron chi connectivity index (χ1n) is 6.29. The van der Waals surface area contributed by atoms with Crippen LogP contribution >= 0.6 is 11.6 Å². The van der Waals surface area contributed by atoms with Crippen LogP contribution in [0.3, 0.4) is 0 Å². The minimum Gasteiger partial charge on any atom is -0.281 e. The highest BCUT2D eigenvalue weighted by Gasteiger charge is 2.60. The van der Waals surface area contributed by atoms with Gasteiger partial charge in [-0.2, -0.15) is 13.2 Å². The van der Waals surface area contributed by atoms with E-state index in [0.29, 0.717) is 0 Å². The summed E-state index contributed by atoms with van der Waals surface area (Å²) >= 11 is 5.42. The van der Waals surface area contributed by atoms with Crippen LogP contribution in [0.5, 0.6) is 0 Å². The van der Waals surface area contributed by atoms with Gasteiger partial charge in [-0.25, -0.2) is 4.39 Å². The van der Waals surface area contributed by atoms with Gasteiger partial charge in [0.25, 0.3) is 0 Å². The predicted octanol–water partition coefficient (Wildman–Crippen LogP) is 4.81. The van der Waals surface area contributed by atoms with Gasteiger partial charge in [0.1, 0.15) is 5.82 Å². The average Bonchev–Trinajstić information content (AvgIpc) is 2.88. The lowest BCUT2D eigenvalue weighted by Gasteiger charge is -2.12. The topological polar surface area (TPSA) is 17.1 Å². The molecule has 1 aromatic rings. The summed E-state index contributed by atoms with van der Waals surface area (Å²) in [5, 5.41) is -0.637. The second-order valence-electron chi connectivity index (χ2n) is 5.71. The molecule has 0 aromatic heterocycles. The number of carbonyl (C=O) groups is 1. The molecule has 0 N–H and O–H groups in total. The molecule has 0 heterocycles. The Morgan fingerprint density at radius 1 is 1.24 bits per heavy atom. The molecule has 0 aliphatic heterocycles. The third-order valence-electron chi connectivity index (χ3n) is 3.96. The third-order valence-corrected chi connectivity index (χ3v) is 4.20. The number of halogens is 5. The van der Waals surface area contributed by atoms with E-state index in [2.05, 4.69) is 0 Å². The van der Waals surface area contributed by atoms with Crippen LogP contribution in [0.4, 0.5) is 17.6 Å². The van der Waals surface area contributed by atoms with E-state index >= 15 is 0 Å². The summed E-state index contributed by atoms with van der Waals surface area (Å²) in [6.07, 6.45) is -3.56. The molecule has 114 valence electrons. The Hall–Kier alpha value is -1.36. The van der Waals surface area contributed by atoms with Crippen molar-refractivity contribution in [1.29, 1.82) is 0 Å². The number of hydrogen-bond donors (Lipinski definition) is 0. The van der Waals surface area contributed by atoms with Crippen molar-refractivity contribution in [1.82, 2.24) is 0 Å². The molecule has 0 radical (unpaired) electrons. The molecule has 0 amide bonds. The largest absolute Gasteiger partial charge is 0.416 e. The van der Waals surface area contributed by atoms with Gasteiger partial charge in [0.15, 0.2) is 0 Å². The second kappa shape index (κ2) is 5.13. The zero-order chi connectivity index (χ0) is 16.0. The van der Waals surface area contributed by atoms with Crippen molar-refractivity contribution in [2.45, 2.75) is 20.0 Å². The Kier molecular flexibility index (Phi) is 3.91. The molecule has 1 fully saturated rings. The first-order valence-corrected chi connectivity index (χ1v) is 6.67. The summed E-state index contributed by atoms with van der Waals surface area (Å²) in [6.45, 7) is 3.38. The monoisotopic (exact) mass is 320 g/mol. The van der Waals surface area contributed by atoms with Crippen LogP contribution < -0.4 is 0 Å². The van der Waals surface area contributed by atoms with Gasteiger partial charge in [0.05, 0.1) is 5.57 Å². The minimum atomic E-state index is -4.59. The van der Waals surface area contributed by atoms with Crippen LogP contribution in [0.25, 0.3) is 5.57 Å². The molecular weight excluding hydrogens is 308 g/mol. The minimum absolute atomic E-state index is 0.132. The van der Waals surface area contributed by atoms with Crippen LogP contribution in [-0.4, -0.2) is 11.4 Å². The first-order chi connectivity index (χ1) is 9.55. The highest BCUT2D eigenvalue weighted by molar-refractivity contribution is 6.64. The van der Waals surface area contributed by atoms with Crippen molar-refractivity contribution in [3.05, 3.63) is 41.7 Å². The maximum Gasteiger partial charge on any atom is 0.416 e. The zero-order valence-electron chi connectivity index (χ0n) is 11.3. The van der Waals surface area contributed by atoms with Gasteiger partial charge in [-0.15, -0.1) is 0 Å². The van der Waals surface area contributed by atoms with E-state index in [1.807, 2.05) is 0 Å². The van der Waals surface area contributed by atoms with Crippen LogP contribution in [-0.2, 0) is 4.79 Å². The van der Waals surface area contributed by atoms with E-state index in [4.69, 9.17) is 11.6 Å². The first kappa shape index (κ1) is 16.0. The fraction of sp³-hybridized carbons (Fsp3) is 0.400. The molecule has 1 saturated carbocycles. The van der Waals surface area contributed by atoms with Crippen LogP contribution in [0.2, 0.25) is 0 Å². The molecule has 2 rings (SSSR count). The summed E-state index contributed by atoms with van der Waals surface area (Å²) in [6, 6.07) is 4.08. The SMILES string of the molecule is CC1(C)C(C=C(c2ccc(F)cc2)C(F)(F)F)C1C(=O)Cl. The summed E-state index contributed by atoms with van der Waals surface area (Å²) in [5.41, 5.74) is -1.61. The number of hydrogen-bond acceptors (Lipinski definition) is 1. The molecule has 21 heavy (non-hydrogen) atoms. The lowest BCUT2D eigenvalue weighted by Crippen LogP contribution is -2.11. The maximum absolute atomic E-state index is 13.2. The van der Waals surface area contributed by atoms with Crippen molar-refractivity contribution in [3.63, 3.8) is 0 Å². The highest BCUT2D eigenvalue weighted by atomic mass is 35.5. The average molecular weight is 321 g/mol. The lowest BCUT2D eigenvalue weighted by atomic mass is 10.0. The molecule has 1 nitrogen and oxygen atoms in total. The fourth-order valence-electron chi connectivity index (χ4n) is 2.59. The molecule has 0 saturated heterocycles. The molecule has 2 unspecified atom stereocenters. The summed E-state index contributed by atoms with van der Waals surface area (Å²) in [4.78, 5) is 11.2. The number of rotatable bonds is 3. The van der Waals surface area contributed by atoms with Gasteiger partial charge >= 0.3 is 6.18 Å². The molecule has 2 atom stereocenters. The van der Waals surface area contributed by atoms with E-state index in [1.165, 1.54) is 0 Å².